The van der Waals surface area contributed by atoms with E-state index in [1.807, 2.05) is 23.1 Å². The lowest BCUT2D eigenvalue weighted by atomic mass is 10.1. The monoisotopic (exact) mass is 347 g/mol. The molecule has 2 aliphatic heterocycles. The zero-order valence-corrected chi connectivity index (χ0v) is 13.8. The van der Waals surface area contributed by atoms with Crippen LogP contribution in [-0.2, 0) is 11.2 Å². The minimum atomic E-state index is 0.104. The average molecular weight is 347 g/mol. The molecule has 0 radical (unpaired) electrons. The summed E-state index contributed by atoms with van der Waals surface area (Å²) in [5.41, 5.74) is 2.59. The van der Waals surface area contributed by atoms with Crippen LogP contribution < -0.4 is 14.2 Å². The molecule has 1 aromatic carbocycles. The highest BCUT2D eigenvalue weighted by Gasteiger charge is 2.25. The third kappa shape index (κ3) is 3.28. The van der Waals surface area contributed by atoms with Crippen LogP contribution in [0.5, 0.6) is 16.7 Å². The summed E-state index contributed by atoms with van der Waals surface area (Å²) in [6.07, 6.45) is 2.10. The highest BCUT2D eigenvalue weighted by molar-refractivity contribution is 7.11. The second-order valence-electron chi connectivity index (χ2n) is 5.77. The summed E-state index contributed by atoms with van der Waals surface area (Å²) >= 11 is 1.39. The normalized spacial score (nSPS) is 17.1. The third-order valence-corrected chi connectivity index (χ3v) is 4.77. The summed E-state index contributed by atoms with van der Waals surface area (Å²) < 4.78 is 16.4. The summed E-state index contributed by atoms with van der Waals surface area (Å²) in [6, 6.07) is 5.65. The minimum absolute atomic E-state index is 0.104. The Morgan fingerprint density at radius 2 is 2.12 bits per heavy atom. The quantitative estimate of drug-likeness (QED) is 0.841. The van der Waals surface area contributed by atoms with Crippen molar-refractivity contribution in [2.24, 2.45) is 0 Å². The van der Waals surface area contributed by atoms with E-state index >= 15 is 0 Å². The van der Waals surface area contributed by atoms with Crippen molar-refractivity contribution < 1.29 is 19.0 Å². The molecule has 0 bridgehead atoms. The molecular formula is C16H17N3O4S. The fourth-order valence-electron chi connectivity index (χ4n) is 2.92. The van der Waals surface area contributed by atoms with Crippen LogP contribution in [0, 0.1) is 0 Å². The van der Waals surface area contributed by atoms with Crippen LogP contribution >= 0.6 is 11.3 Å². The Balaban J connectivity index is 1.30. The molecule has 0 spiro atoms. The van der Waals surface area contributed by atoms with Crippen LogP contribution in [-0.4, -0.2) is 47.0 Å². The lowest BCUT2D eigenvalue weighted by Crippen LogP contribution is -2.42. The first-order valence-corrected chi connectivity index (χ1v) is 8.75. The molecule has 0 aliphatic carbocycles. The third-order valence-electron chi connectivity index (χ3n) is 4.19. The number of carbonyl (C=O) groups is 1. The predicted molar refractivity (Wildman–Crippen MR) is 86.4 cm³/mol. The summed E-state index contributed by atoms with van der Waals surface area (Å²) in [5.74, 6) is 1.58. The maximum absolute atomic E-state index is 12.5. The van der Waals surface area contributed by atoms with Gasteiger partial charge < -0.3 is 19.1 Å². The van der Waals surface area contributed by atoms with Gasteiger partial charge in [-0.05, 0) is 17.7 Å². The van der Waals surface area contributed by atoms with Crippen molar-refractivity contribution in [1.82, 2.24) is 15.1 Å². The molecule has 126 valence electrons. The number of hydrogen-bond donors (Lipinski definition) is 0. The SMILES string of the molecule is O=C(Cc1ccc2c(c1)OCO2)N1CCC(Oc2nncs2)CC1. The van der Waals surface area contributed by atoms with Gasteiger partial charge in [-0.2, -0.15) is 0 Å². The van der Waals surface area contributed by atoms with Crippen LogP contribution in [0.4, 0.5) is 0 Å². The fourth-order valence-corrected chi connectivity index (χ4v) is 3.39. The standard InChI is InChI=1S/C16H17N3O4S/c20-15(8-11-1-2-13-14(7-11)22-10-21-13)19-5-3-12(4-6-19)23-16-18-17-9-24-16/h1-2,7,9,12H,3-6,8,10H2. The summed E-state index contributed by atoms with van der Waals surface area (Å²) in [4.78, 5) is 14.4. The molecule has 0 atom stereocenters. The second-order valence-corrected chi connectivity index (χ2v) is 6.56. The van der Waals surface area contributed by atoms with E-state index in [2.05, 4.69) is 10.2 Å². The number of benzene rings is 1. The number of rotatable bonds is 4. The van der Waals surface area contributed by atoms with Crippen LogP contribution in [0.15, 0.2) is 23.7 Å². The Kier molecular flexibility index (Phi) is 4.20. The number of likely N-dealkylation sites (tertiary alicyclic amines) is 1. The predicted octanol–water partition coefficient (Wildman–Crippen LogP) is 1.88. The number of hydrogen-bond acceptors (Lipinski definition) is 7. The van der Waals surface area contributed by atoms with Crippen LogP contribution in [0.2, 0.25) is 0 Å². The number of fused-ring (bicyclic) bond motifs is 1. The fraction of sp³-hybridized carbons (Fsp3) is 0.438. The first-order valence-electron chi connectivity index (χ1n) is 7.87. The van der Waals surface area contributed by atoms with E-state index in [1.165, 1.54) is 11.3 Å². The van der Waals surface area contributed by atoms with Crippen molar-refractivity contribution in [3.63, 3.8) is 0 Å². The molecule has 1 amide bonds. The number of aromatic nitrogens is 2. The zero-order chi connectivity index (χ0) is 16.4. The number of amides is 1. The highest BCUT2D eigenvalue weighted by Crippen LogP contribution is 2.32. The van der Waals surface area contributed by atoms with Gasteiger partial charge in [0.25, 0.3) is 5.19 Å². The summed E-state index contributed by atoms with van der Waals surface area (Å²) in [7, 11) is 0. The zero-order valence-electron chi connectivity index (χ0n) is 13.0. The molecule has 0 N–H and O–H groups in total. The Bertz CT molecular complexity index is 714. The van der Waals surface area contributed by atoms with E-state index in [-0.39, 0.29) is 18.8 Å². The van der Waals surface area contributed by atoms with E-state index in [4.69, 9.17) is 14.2 Å². The molecule has 1 fully saturated rings. The summed E-state index contributed by atoms with van der Waals surface area (Å²) in [5, 5.41) is 8.25. The van der Waals surface area contributed by atoms with E-state index in [1.54, 1.807) is 5.51 Å². The van der Waals surface area contributed by atoms with Gasteiger partial charge in [0.1, 0.15) is 11.6 Å². The van der Waals surface area contributed by atoms with Crippen LogP contribution in [0.3, 0.4) is 0 Å². The topological polar surface area (TPSA) is 73.8 Å². The van der Waals surface area contributed by atoms with Gasteiger partial charge in [0.15, 0.2) is 11.5 Å². The molecule has 24 heavy (non-hydrogen) atoms. The Labute approximate surface area is 143 Å². The Morgan fingerprint density at radius 3 is 2.92 bits per heavy atom. The maximum Gasteiger partial charge on any atom is 0.294 e. The van der Waals surface area contributed by atoms with Crippen LogP contribution in [0.1, 0.15) is 18.4 Å². The van der Waals surface area contributed by atoms with Gasteiger partial charge in [-0.1, -0.05) is 17.4 Å². The molecule has 1 saturated heterocycles. The average Bonchev–Trinajstić information content (AvgIpc) is 3.26. The van der Waals surface area contributed by atoms with Crippen molar-refractivity contribution in [3.05, 3.63) is 29.3 Å². The van der Waals surface area contributed by atoms with Gasteiger partial charge in [-0.25, -0.2) is 0 Å². The van der Waals surface area contributed by atoms with E-state index in [0.29, 0.717) is 30.5 Å². The Morgan fingerprint density at radius 1 is 1.29 bits per heavy atom. The first kappa shape index (κ1) is 15.2. The first-order chi connectivity index (χ1) is 11.8. The van der Waals surface area contributed by atoms with E-state index in [0.717, 1.165) is 24.2 Å². The molecule has 8 heteroatoms. The molecule has 0 saturated carbocycles. The Hall–Kier alpha value is -2.35. The highest BCUT2D eigenvalue weighted by atomic mass is 32.1. The summed E-state index contributed by atoms with van der Waals surface area (Å²) in [6.45, 7) is 1.65. The number of piperidine rings is 1. The largest absolute Gasteiger partial charge is 0.465 e. The van der Waals surface area contributed by atoms with Gasteiger partial charge >= 0.3 is 0 Å². The number of nitrogens with zero attached hydrogens (tertiary/aromatic N) is 3. The molecule has 4 rings (SSSR count). The second kappa shape index (κ2) is 6.64. The maximum atomic E-state index is 12.5. The molecule has 2 aromatic rings. The molecule has 0 unspecified atom stereocenters. The van der Waals surface area contributed by atoms with Crippen molar-refractivity contribution in [2.45, 2.75) is 25.4 Å². The molecule has 1 aromatic heterocycles. The lowest BCUT2D eigenvalue weighted by Gasteiger charge is -2.31. The van der Waals surface area contributed by atoms with Gasteiger partial charge in [-0.3, -0.25) is 4.79 Å². The molecule has 7 nitrogen and oxygen atoms in total. The van der Waals surface area contributed by atoms with E-state index in [9.17, 15) is 4.79 Å². The molecule has 3 heterocycles. The van der Waals surface area contributed by atoms with Gasteiger partial charge in [0.05, 0.1) is 6.42 Å². The van der Waals surface area contributed by atoms with Crippen molar-refractivity contribution >= 4 is 17.2 Å². The van der Waals surface area contributed by atoms with Crippen LogP contribution in [0.25, 0.3) is 0 Å². The lowest BCUT2D eigenvalue weighted by molar-refractivity contribution is -0.132. The number of carbonyl (C=O) groups excluding carboxylic acids is 1. The van der Waals surface area contributed by atoms with Gasteiger partial charge in [-0.15, -0.1) is 10.2 Å². The smallest absolute Gasteiger partial charge is 0.294 e. The minimum Gasteiger partial charge on any atom is -0.465 e. The van der Waals surface area contributed by atoms with E-state index < -0.39 is 0 Å². The van der Waals surface area contributed by atoms with Crippen molar-refractivity contribution in [3.8, 4) is 16.7 Å². The van der Waals surface area contributed by atoms with Crippen molar-refractivity contribution in [2.75, 3.05) is 19.9 Å². The number of ether oxygens (including phenoxy) is 3. The van der Waals surface area contributed by atoms with Gasteiger partial charge in [0, 0.05) is 25.9 Å². The molecular weight excluding hydrogens is 330 g/mol. The van der Waals surface area contributed by atoms with Gasteiger partial charge in [0.2, 0.25) is 12.7 Å². The van der Waals surface area contributed by atoms with Crippen molar-refractivity contribution in [1.29, 1.82) is 0 Å². The molecule has 2 aliphatic rings.